The molecule has 0 saturated heterocycles. The van der Waals surface area contributed by atoms with E-state index in [2.05, 4.69) is 27.4 Å². The molecule has 1 aliphatic rings. The standard InChI is InChI=1S/C18H19Cl2N3/c19-16-6-5-13(9-17(16)20)11-23-15-4-2-1-3-14(10-15)18-12-21-7-8-22-18/h1-2,5-9,12,14-15,23H,3-4,10-11H2. The minimum absolute atomic E-state index is 0.411. The van der Waals surface area contributed by atoms with Crippen molar-refractivity contribution in [3.63, 3.8) is 0 Å². The van der Waals surface area contributed by atoms with Gasteiger partial charge in [0.1, 0.15) is 0 Å². The Bertz CT molecular complexity index is 673. The van der Waals surface area contributed by atoms with E-state index in [1.54, 1.807) is 12.4 Å². The first kappa shape index (κ1) is 16.4. The van der Waals surface area contributed by atoms with Gasteiger partial charge in [-0.3, -0.25) is 9.97 Å². The fourth-order valence-electron chi connectivity index (χ4n) is 2.90. The van der Waals surface area contributed by atoms with E-state index in [1.807, 2.05) is 24.4 Å². The van der Waals surface area contributed by atoms with Gasteiger partial charge in [0.25, 0.3) is 0 Å². The molecule has 2 unspecified atom stereocenters. The van der Waals surface area contributed by atoms with E-state index < -0.39 is 0 Å². The molecule has 5 heteroatoms. The van der Waals surface area contributed by atoms with E-state index >= 15 is 0 Å². The summed E-state index contributed by atoms with van der Waals surface area (Å²) in [4.78, 5) is 8.65. The molecule has 3 nitrogen and oxygen atoms in total. The molecule has 1 aliphatic carbocycles. The van der Waals surface area contributed by atoms with Gasteiger partial charge in [-0.1, -0.05) is 41.4 Å². The molecule has 2 atom stereocenters. The zero-order valence-corrected chi connectivity index (χ0v) is 14.3. The molecule has 1 heterocycles. The third-order valence-electron chi connectivity index (χ3n) is 4.16. The Morgan fingerprint density at radius 1 is 1.09 bits per heavy atom. The van der Waals surface area contributed by atoms with Crippen molar-refractivity contribution in [3.05, 3.63) is 70.2 Å². The van der Waals surface area contributed by atoms with Gasteiger partial charge in [0, 0.05) is 37.1 Å². The molecule has 0 spiro atoms. The van der Waals surface area contributed by atoms with Crippen LogP contribution in [-0.2, 0) is 6.54 Å². The van der Waals surface area contributed by atoms with Gasteiger partial charge >= 0.3 is 0 Å². The van der Waals surface area contributed by atoms with Crippen LogP contribution in [0.25, 0.3) is 0 Å². The lowest BCUT2D eigenvalue weighted by Crippen LogP contribution is -2.29. The van der Waals surface area contributed by atoms with Crippen LogP contribution in [-0.4, -0.2) is 16.0 Å². The lowest BCUT2D eigenvalue weighted by Gasteiger charge is -2.21. The summed E-state index contributed by atoms with van der Waals surface area (Å²) < 4.78 is 0. The average Bonchev–Trinajstić information content (AvgIpc) is 2.82. The predicted molar refractivity (Wildman–Crippen MR) is 94.9 cm³/mol. The number of allylic oxidation sites excluding steroid dienone is 1. The molecular weight excluding hydrogens is 329 g/mol. The van der Waals surface area contributed by atoms with Crippen molar-refractivity contribution in [2.75, 3.05) is 0 Å². The van der Waals surface area contributed by atoms with E-state index in [-0.39, 0.29) is 0 Å². The van der Waals surface area contributed by atoms with Crippen LogP contribution in [0.2, 0.25) is 10.0 Å². The van der Waals surface area contributed by atoms with E-state index in [0.29, 0.717) is 22.0 Å². The molecule has 1 N–H and O–H groups in total. The minimum atomic E-state index is 0.411. The van der Waals surface area contributed by atoms with Crippen molar-refractivity contribution >= 4 is 23.2 Å². The Kier molecular flexibility index (Phi) is 5.65. The van der Waals surface area contributed by atoms with Gasteiger partial charge in [-0.05, 0) is 37.0 Å². The van der Waals surface area contributed by atoms with E-state index in [0.717, 1.165) is 37.1 Å². The second-order valence-corrected chi connectivity index (χ2v) is 6.65. The van der Waals surface area contributed by atoms with Crippen LogP contribution in [0.1, 0.15) is 36.4 Å². The highest BCUT2D eigenvalue weighted by atomic mass is 35.5. The van der Waals surface area contributed by atoms with Crippen molar-refractivity contribution in [2.45, 2.75) is 37.8 Å². The number of nitrogens with one attached hydrogen (secondary N) is 1. The molecule has 23 heavy (non-hydrogen) atoms. The summed E-state index contributed by atoms with van der Waals surface area (Å²) >= 11 is 12.0. The second-order valence-electron chi connectivity index (χ2n) is 5.83. The van der Waals surface area contributed by atoms with Gasteiger partial charge in [-0.25, -0.2) is 0 Å². The largest absolute Gasteiger partial charge is 0.310 e. The van der Waals surface area contributed by atoms with Gasteiger partial charge in [0.2, 0.25) is 0 Å². The smallest absolute Gasteiger partial charge is 0.0621 e. The number of hydrogen-bond donors (Lipinski definition) is 1. The Morgan fingerprint density at radius 2 is 1.96 bits per heavy atom. The Labute approximate surface area is 146 Å². The molecule has 1 aromatic heterocycles. The minimum Gasteiger partial charge on any atom is -0.310 e. The summed E-state index contributed by atoms with van der Waals surface area (Å²) in [6.07, 6.45) is 13.0. The topological polar surface area (TPSA) is 37.8 Å². The summed E-state index contributed by atoms with van der Waals surface area (Å²) in [5.41, 5.74) is 2.21. The van der Waals surface area contributed by atoms with Crippen LogP contribution in [0.3, 0.4) is 0 Å². The molecule has 1 aromatic carbocycles. The number of hydrogen-bond acceptors (Lipinski definition) is 3. The van der Waals surface area contributed by atoms with Crippen molar-refractivity contribution in [2.24, 2.45) is 0 Å². The number of rotatable bonds is 4. The maximum Gasteiger partial charge on any atom is 0.0621 e. The average molecular weight is 348 g/mol. The zero-order chi connectivity index (χ0) is 16.1. The van der Waals surface area contributed by atoms with Crippen LogP contribution in [0.5, 0.6) is 0 Å². The summed E-state index contributed by atoms with van der Waals surface area (Å²) in [5, 5.41) is 4.82. The summed E-state index contributed by atoms with van der Waals surface area (Å²) in [6, 6.07) is 6.18. The summed E-state index contributed by atoms with van der Waals surface area (Å²) in [5.74, 6) is 0.411. The van der Waals surface area contributed by atoms with Crippen LogP contribution >= 0.6 is 23.2 Å². The highest BCUT2D eigenvalue weighted by molar-refractivity contribution is 6.42. The SMILES string of the molecule is Clc1ccc(CNC2CC=CCC(c3cnccn3)C2)cc1Cl. The first-order valence-corrected chi connectivity index (χ1v) is 8.56. The highest BCUT2D eigenvalue weighted by Gasteiger charge is 2.20. The van der Waals surface area contributed by atoms with Crippen molar-refractivity contribution in [1.29, 1.82) is 0 Å². The van der Waals surface area contributed by atoms with E-state index in [1.165, 1.54) is 0 Å². The molecule has 3 rings (SSSR count). The molecule has 0 bridgehead atoms. The first-order valence-electron chi connectivity index (χ1n) is 7.80. The van der Waals surface area contributed by atoms with Crippen molar-refractivity contribution in [3.8, 4) is 0 Å². The Balaban J connectivity index is 1.63. The molecule has 0 fully saturated rings. The van der Waals surface area contributed by atoms with Crippen LogP contribution in [0, 0.1) is 0 Å². The monoisotopic (exact) mass is 347 g/mol. The molecule has 2 aromatic rings. The van der Waals surface area contributed by atoms with Crippen LogP contribution < -0.4 is 5.32 Å². The third kappa shape index (κ3) is 4.54. The lowest BCUT2D eigenvalue weighted by atomic mass is 9.94. The quantitative estimate of drug-likeness (QED) is 0.809. The van der Waals surface area contributed by atoms with Gasteiger partial charge in [0.05, 0.1) is 15.7 Å². The molecule has 0 amide bonds. The maximum atomic E-state index is 6.08. The van der Waals surface area contributed by atoms with Gasteiger partial charge in [-0.15, -0.1) is 0 Å². The second kappa shape index (κ2) is 7.91. The van der Waals surface area contributed by atoms with Crippen molar-refractivity contribution in [1.82, 2.24) is 15.3 Å². The fraction of sp³-hybridized carbons (Fsp3) is 0.333. The molecule has 120 valence electrons. The van der Waals surface area contributed by atoms with Gasteiger partial charge < -0.3 is 5.32 Å². The summed E-state index contributed by atoms with van der Waals surface area (Å²) in [6.45, 7) is 0.780. The van der Waals surface area contributed by atoms with Crippen molar-refractivity contribution < 1.29 is 0 Å². The van der Waals surface area contributed by atoms with Crippen LogP contribution in [0.4, 0.5) is 0 Å². The maximum absolute atomic E-state index is 6.08. The number of benzene rings is 1. The summed E-state index contributed by atoms with van der Waals surface area (Å²) in [7, 11) is 0. The number of halogens is 2. The molecule has 0 saturated carbocycles. The van der Waals surface area contributed by atoms with Gasteiger partial charge in [0.15, 0.2) is 0 Å². The van der Waals surface area contributed by atoms with Gasteiger partial charge in [-0.2, -0.15) is 0 Å². The normalized spacial score (nSPS) is 21.1. The molecule has 0 radical (unpaired) electrons. The highest BCUT2D eigenvalue weighted by Crippen LogP contribution is 2.27. The molecular formula is C18H19Cl2N3. The lowest BCUT2D eigenvalue weighted by molar-refractivity contribution is 0.445. The predicted octanol–water partition coefficient (Wildman–Crippen LogP) is 4.77. The molecule has 0 aliphatic heterocycles. The zero-order valence-electron chi connectivity index (χ0n) is 12.8. The van der Waals surface area contributed by atoms with Crippen LogP contribution in [0.15, 0.2) is 48.9 Å². The van der Waals surface area contributed by atoms with E-state index in [4.69, 9.17) is 23.2 Å². The number of nitrogens with zero attached hydrogens (tertiary/aromatic N) is 2. The van der Waals surface area contributed by atoms with E-state index in [9.17, 15) is 0 Å². The fourth-order valence-corrected chi connectivity index (χ4v) is 3.22. The Hall–Kier alpha value is -1.42. The first-order chi connectivity index (χ1) is 11.2. The number of aromatic nitrogens is 2. The Morgan fingerprint density at radius 3 is 2.74 bits per heavy atom. The third-order valence-corrected chi connectivity index (χ3v) is 4.90.